The molecule has 0 spiro atoms. The zero-order chi connectivity index (χ0) is 19.0. The third kappa shape index (κ3) is 2.81. The summed E-state index contributed by atoms with van der Waals surface area (Å²) in [6.07, 6.45) is 0.586. The van der Waals surface area contributed by atoms with E-state index in [9.17, 15) is 27.2 Å². The van der Waals surface area contributed by atoms with Crippen molar-refractivity contribution in [2.75, 3.05) is 11.4 Å². The van der Waals surface area contributed by atoms with E-state index in [1.807, 2.05) is 0 Å². The lowest BCUT2D eigenvalue weighted by Crippen LogP contribution is -2.41. The van der Waals surface area contributed by atoms with Gasteiger partial charge in [-0.15, -0.1) is 0 Å². The van der Waals surface area contributed by atoms with E-state index in [0.717, 1.165) is 4.90 Å². The molecule has 2 N–H and O–H groups in total. The van der Waals surface area contributed by atoms with Gasteiger partial charge >= 0.3 is 0 Å². The van der Waals surface area contributed by atoms with Crippen molar-refractivity contribution >= 4 is 17.4 Å². The first-order valence-corrected chi connectivity index (χ1v) is 7.86. The predicted octanol–water partition coefficient (Wildman–Crippen LogP) is 2.93. The van der Waals surface area contributed by atoms with Crippen molar-refractivity contribution in [3.63, 3.8) is 0 Å². The Morgan fingerprint density at radius 1 is 0.962 bits per heavy atom. The van der Waals surface area contributed by atoms with E-state index in [0.29, 0.717) is 6.42 Å². The molecular formula is C18H14F4N2O2. The number of halogens is 4. The smallest absolute Gasteiger partial charge is 0.240 e. The van der Waals surface area contributed by atoms with E-state index in [2.05, 4.69) is 0 Å². The van der Waals surface area contributed by atoms with Crippen LogP contribution in [-0.4, -0.2) is 24.3 Å². The molecule has 1 aliphatic heterocycles. The van der Waals surface area contributed by atoms with Crippen LogP contribution >= 0.6 is 0 Å². The molecule has 136 valence electrons. The summed E-state index contributed by atoms with van der Waals surface area (Å²) < 4.78 is 58.0. The van der Waals surface area contributed by atoms with E-state index < -0.39 is 52.3 Å². The van der Waals surface area contributed by atoms with Gasteiger partial charge in [-0.05, 0) is 12.8 Å². The maximum Gasteiger partial charge on any atom is 0.240 e. The summed E-state index contributed by atoms with van der Waals surface area (Å²) in [5.41, 5.74) is 2.73. The molecule has 1 heterocycles. The van der Waals surface area contributed by atoms with Crippen LogP contribution in [-0.2, 0) is 4.79 Å². The number of rotatable bonds is 4. The number of carbonyl (C=O) groups excluding carboxylic acids is 2. The Morgan fingerprint density at radius 3 is 2.08 bits per heavy atom. The first-order valence-electron chi connectivity index (χ1n) is 7.86. The molecule has 1 saturated heterocycles. The molecular weight excluding hydrogens is 352 g/mol. The number of ketones is 1. The zero-order valence-corrected chi connectivity index (χ0v) is 13.4. The Kier molecular flexibility index (Phi) is 4.67. The standard InChI is InChI=1S/C18H14F4N2O2/c19-12-11(17(25)9-5-2-1-3-6-9)13(20)15(22)16(14(12)21)24-8-4-7-10(24)18(23)26/h1-3,5-6,10H,4,7-8H2,(H2,23,26)/t10-/m0/s1. The fourth-order valence-electron chi connectivity index (χ4n) is 3.14. The van der Waals surface area contributed by atoms with Gasteiger partial charge in [0.2, 0.25) is 5.91 Å². The number of hydrogen-bond donors (Lipinski definition) is 1. The van der Waals surface area contributed by atoms with Crippen LogP contribution in [0.2, 0.25) is 0 Å². The van der Waals surface area contributed by atoms with Gasteiger partial charge < -0.3 is 10.6 Å². The van der Waals surface area contributed by atoms with E-state index in [1.165, 1.54) is 24.3 Å². The van der Waals surface area contributed by atoms with Gasteiger partial charge in [0.25, 0.3) is 0 Å². The van der Waals surface area contributed by atoms with Gasteiger partial charge in [0.1, 0.15) is 17.3 Å². The van der Waals surface area contributed by atoms with Crippen molar-refractivity contribution in [2.45, 2.75) is 18.9 Å². The molecule has 0 unspecified atom stereocenters. The quantitative estimate of drug-likeness (QED) is 0.514. The van der Waals surface area contributed by atoms with Crippen molar-refractivity contribution in [1.82, 2.24) is 0 Å². The minimum atomic E-state index is -1.80. The fourth-order valence-corrected chi connectivity index (χ4v) is 3.14. The molecule has 0 bridgehead atoms. The highest BCUT2D eigenvalue weighted by Crippen LogP contribution is 2.35. The number of primary amides is 1. The molecule has 3 rings (SSSR count). The molecule has 26 heavy (non-hydrogen) atoms. The highest BCUT2D eigenvalue weighted by Gasteiger charge is 2.37. The molecule has 8 heteroatoms. The summed E-state index contributed by atoms with van der Waals surface area (Å²) in [6.45, 7) is 0.00625. The second kappa shape index (κ2) is 6.78. The lowest BCUT2D eigenvalue weighted by molar-refractivity contribution is -0.119. The lowest BCUT2D eigenvalue weighted by Gasteiger charge is -2.26. The summed E-state index contributed by atoms with van der Waals surface area (Å²) in [5.74, 6) is -9.09. The minimum Gasteiger partial charge on any atom is -0.368 e. The number of hydrogen-bond acceptors (Lipinski definition) is 3. The molecule has 0 aliphatic carbocycles. The summed E-state index contributed by atoms with van der Waals surface area (Å²) >= 11 is 0. The Bertz CT molecular complexity index is 858. The van der Waals surface area contributed by atoms with Gasteiger partial charge in [0, 0.05) is 12.1 Å². The second-order valence-electron chi connectivity index (χ2n) is 5.93. The molecule has 1 aliphatic rings. The SMILES string of the molecule is NC(=O)[C@@H]1CCCN1c1c(F)c(F)c(C(=O)c2ccccc2)c(F)c1F. The largest absolute Gasteiger partial charge is 0.368 e. The number of anilines is 1. The van der Waals surface area contributed by atoms with Crippen molar-refractivity contribution < 1.29 is 27.2 Å². The van der Waals surface area contributed by atoms with Crippen LogP contribution in [0.4, 0.5) is 23.2 Å². The normalized spacial score (nSPS) is 16.8. The van der Waals surface area contributed by atoms with Crippen LogP contribution in [0.1, 0.15) is 28.8 Å². The first kappa shape index (κ1) is 17.9. The Morgan fingerprint density at radius 2 is 1.54 bits per heavy atom. The average Bonchev–Trinajstić information content (AvgIpc) is 3.11. The Balaban J connectivity index is 2.15. The first-order chi connectivity index (χ1) is 12.3. The van der Waals surface area contributed by atoms with Gasteiger partial charge in [-0.3, -0.25) is 9.59 Å². The maximum absolute atomic E-state index is 14.5. The molecule has 4 nitrogen and oxygen atoms in total. The number of nitrogens with two attached hydrogens (primary N) is 1. The molecule has 1 fully saturated rings. The van der Waals surface area contributed by atoms with Crippen molar-refractivity contribution in [3.05, 3.63) is 64.7 Å². The summed E-state index contributed by atoms with van der Waals surface area (Å²) in [5, 5.41) is 0. The number of benzene rings is 2. The highest BCUT2D eigenvalue weighted by molar-refractivity contribution is 6.09. The molecule has 0 radical (unpaired) electrons. The molecule has 2 aromatic carbocycles. The van der Waals surface area contributed by atoms with Gasteiger partial charge in [0.15, 0.2) is 29.1 Å². The Hall–Kier alpha value is -2.90. The fraction of sp³-hybridized carbons (Fsp3) is 0.222. The molecule has 2 aromatic rings. The predicted molar refractivity (Wildman–Crippen MR) is 85.7 cm³/mol. The highest BCUT2D eigenvalue weighted by atomic mass is 19.2. The molecule has 0 aromatic heterocycles. The van der Waals surface area contributed by atoms with Crippen molar-refractivity contribution in [1.29, 1.82) is 0 Å². The number of amides is 1. The van der Waals surface area contributed by atoms with Crippen LogP contribution in [0.3, 0.4) is 0 Å². The minimum absolute atomic E-state index is 0.00625. The zero-order valence-electron chi connectivity index (χ0n) is 13.4. The number of carbonyl (C=O) groups is 2. The molecule has 1 amide bonds. The third-order valence-corrected chi connectivity index (χ3v) is 4.37. The van der Waals surface area contributed by atoms with Crippen molar-refractivity contribution in [3.8, 4) is 0 Å². The lowest BCUT2D eigenvalue weighted by atomic mass is 10.0. The third-order valence-electron chi connectivity index (χ3n) is 4.37. The molecule has 1 atom stereocenters. The number of nitrogens with zero attached hydrogens (tertiary/aromatic N) is 1. The van der Waals surface area contributed by atoms with Gasteiger partial charge in [0.05, 0.1) is 0 Å². The van der Waals surface area contributed by atoms with E-state index in [-0.39, 0.29) is 18.5 Å². The monoisotopic (exact) mass is 366 g/mol. The van der Waals surface area contributed by atoms with Crippen molar-refractivity contribution in [2.24, 2.45) is 5.73 Å². The average molecular weight is 366 g/mol. The van der Waals surface area contributed by atoms with Crippen LogP contribution < -0.4 is 10.6 Å². The summed E-state index contributed by atoms with van der Waals surface area (Å²) in [6, 6.07) is 5.94. The second-order valence-corrected chi connectivity index (χ2v) is 5.93. The van der Waals surface area contributed by atoms with Gasteiger partial charge in [-0.25, -0.2) is 17.6 Å². The van der Waals surface area contributed by atoms with Crippen LogP contribution in [0, 0.1) is 23.3 Å². The van der Waals surface area contributed by atoms with E-state index in [4.69, 9.17) is 5.73 Å². The van der Waals surface area contributed by atoms with Crippen LogP contribution in [0.5, 0.6) is 0 Å². The molecule has 0 saturated carbocycles. The van der Waals surface area contributed by atoms with Crippen LogP contribution in [0.15, 0.2) is 30.3 Å². The summed E-state index contributed by atoms with van der Waals surface area (Å²) in [4.78, 5) is 24.6. The van der Waals surface area contributed by atoms with Gasteiger partial charge in [-0.2, -0.15) is 0 Å². The van der Waals surface area contributed by atoms with E-state index in [1.54, 1.807) is 6.07 Å². The topological polar surface area (TPSA) is 63.4 Å². The van der Waals surface area contributed by atoms with Crippen LogP contribution in [0.25, 0.3) is 0 Å². The Labute approximate surface area is 146 Å². The van der Waals surface area contributed by atoms with E-state index >= 15 is 0 Å². The summed E-state index contributed by atoms with van der Waals surface area (Å²) in [7, 11) is 0. The van der Waals surface area contributed by atoms with Gasteiger partial charge in [-0.1, -0.05) is 30.3 Å². The maximum atomic E-state index is 14.5.